The Morgan fingerprint density at radius 2 is 1.72 bits per heavy atom. The molecule has 0 atom stereocenters. The third-order valence-electron chi connectivity index (χ3n) is 8.12. The van der Waals surface area contributed by atoms with Crippen molar-refractivity contribution in [3.63, 3.8) is 0 Å². The van der Waals surface area contributed by atoms with Crippen molar-refractivity contribution >= 4 is 57.4 Å². The van der Waals surface area contributed by atoms with Gasteiger partial charge in [0.2, 0.25) is 0 Å². The first-order valence-corrected chi connectivity index (χ1v) is 20.7. The number of benzene rings is 3. The summed E-state index contributed by atoms with van der Waals surface area (Å²) in [6, 6.07) is 14.9. The molecule has 3 aromatic heterocycles. The number of rotatable bonds is 12. The fourth-order valence-corrected chi connectivity index (χ4v) is 7.65. The molecule has 0 spiro atoms. The van der Waals surface area contributed by atoms with Gasteiger partial charge in [-0.1, -0.05) is 37.8 Å². The lowest BCUT2D eigenvalue weighted by Crippen LogP contribution is -2.35. The zero-order chi connectivity index (χ0) is 35.8. The molecule has 0 fully saturated rings. The molecule has 0 aliphatic heterocycles. The van der Waals surface area contributed by atoms with Crippen LogP contribution in [0, 0.1) is 24.4 Å². The summed E-state index contributed by atoms with van der Waals surface area (Å²) in [7, 11) is -6.19. The van der Waals surface area contributed by atoms with Crippen LogP contribution >= 0.6 is 0 Å². The molecule has 0 bridgehead atoms. The number of pyridine rings is 1. The molecule has 0 saturated heterocycles. The molecular weight excluding hydrogens is 688 g/mol. The number of halogens is 3. The van der Waals surface area contributed by atoms with E-state index in [1.54, 1.807) is 35.2 Å². The van der Waals surface area contributed by atoms with Gasteiger partial charge in [-0.05, 0) is 55.4 Å². The van der Waals surface area contributed by atoms with E-state index in [-0.39, 0.29) is 35.0 Å². The van der Waals surface area contributed by atoms with Gasteiger partial charge in [0.15, 0.2) is 11.6 Å². The van der Waals surface area contributed by atoms with Gasteiger partial charge in [0, 0.05) is 25.8 Å². The maximum Gasteiger partial charge on any atom is 0.266 e. The van der Waals surface area contributed by atoms with E-state index in [2.05, 4.69) is 44.9 Å². The number of anilines is 3. The monoisotopic (exact) mass is 721 g/mol. The smallest absolute Gasteiger partial charge is 0.266 e. The van der Waals surface area contributed by atoms with Gasteiger partial charge in [0.25, 0.3) is 10.0 Å². The third kappa shape index (κ3) is 6.78. The number of aliphatic hydroxyl groups excluding tert-OH is 1. The summed E-state index contributed by atoms with van der Waals surface area (Å²) in [6.45, 7) is 7.06. The van der Waals surface area contributed by atoms with E-state index < -0.39 is 53.7 Å². The van der Waals surface area contributed by atoms with E-state index in [4.69, 9.17) is 4.74 Å². The predicted molar refractivity (Wildman–Crippen MR) is 187 cm³/mol. The van der Waals surface area contributed by atoms with Crippen LogP contribution in [0.2, 0.25) is 25.7 Å². The molecule has 0 amide bonds. The highest BCUT2D eigenvalue weighted by atomic mass is 32.2. The Kier molecular flexibility index (Phi) is 9.63. The van der Waals surface area contributed by atoms with Crippen molar-refractivity contribution in [2.45, 2.75) is 44.1 Å². The van der Waals surface area contributed by atoms with Crippen LogP contribution in [0.15, 0.2) is 78.2 Å². The minimum atomic E-state index is -4.61. The summed E-state index contributed by atoms with van der Waals surface area (Å²) in [5.74, 6) is -2.72. The Morgan fingerprint density at radius 1 is 0.940 bits per heavy atom. The molecule has 3 heterocycles. The van der Waals surface area contributed by atoms with Crippen LogP contribution in [0.5, 0.6) is 0 Å². The molecule has 6 aromatic rings. The highest BCUT2D eigenvalue weighted by Crippen LogP contribution is 2.35. The Bertz CT molecular complexity index is 2330. The first-order chi connectivity index (χ1) is 23.8. The molecule has 2 N–H and O–H groups in total. The van der Waals surface area contributed by atoms with Crippen molar-refractivity contribution in [2.75, 3.05) is 23.0 Å². The fourth-order valence-electron chi connectivity index (χ4n) is 5.31. The van der Waals surface area contributed by atoms with Crippen LogP contribution in [0.4, 0.5) is 30.4 Å². The zero-order valence-electron chi connectivity index (χ0n) is 27.7. The van der Waals surface area contributed by atoms with Crippen LogP contribution < -0.4 is 9.62 Å². The van der Waals surface area contributed by atoms with Crippen molar-refractivity contribution in [3.8, 4) is 5.82 Å². The van der Waals surface area contributed by atoms with Crippen molar-refractivity contribution in [1.82, 2.24) is 24.5 Å². The standard InChI is InChI=1S/C34H34F3N7O4SSi/c1-21-23(35)8-6-10-28(21)49(46,47)44(20-48-15-16-50(2,3)4)26-13-11-24(36)32(30(26)37)42-34-33-25(38-18-39-34)12-14-29(41-33)43-19-40-31-22(17-45)7-5-9-27(31)43/h5-14,18-19,45H,15-17,20H2,1-4H3,(H,38,39,42). The average Bonchev–Trinajstić information content (AvgIpc) is 3.52. The molecule has 50 heavy (non-hydrogen) atoms. The van der Waals surface area contributed by atoms with E-state index in [9.17, 15) is 17.9 Å². The Labute approximate surface area is 287 Å². The maximum atomic E-state index is 16.5. The number of ether oxygens (including phenoxy) is 1. The van der Waals surface area contributed by atoms with E-state index in [1.165, 1.54) is 25.4 Å². The topological polar surface area (TPSA) is 135 Å². The van der Waals surface area contributed by atoms with Crippen molar-refractivity contribution in [3.05, 3.63) is 102 Å². The average molecular weight is 722 g/mol. The predicted octanol–water partition coefficient (Wildman–Crippen LogP) is 6.83. The van der Waals surface area contributed by atoms with E-state index in [0.29, 0.717) is 38.3 Å². The fraction of sp³-hybridized carbons (Fsp3) is 0.235. The SMILES string of the molecule is Cc1c(F)cccc1S(=O)(=O)N(COCC[Si](C)(C)C)c1ccc(F)c(Nc2ncnc3ccc(-n4cnc5c(CO)cccc54)nc23)c1F. The van der Waals surface area contributed by atoms with Gasteiger partial charge in [-0.25, -0.2) is 45.8 Å². The highest BCUT2D eigenvalue weighted by Gasteiger charge is 2.32. The maximum absolute atomic E-state index is 16.5. The summed E-state index contributed by atoms with van der Waals surface area (Å²) < 4.78 is 82.6. The second-order valence-electron chi connectivity index (χ2n) is 12.8. The molecule has 260 valence electrons. The number of nitrogens with one attached hydrogen (secondary N) is 1. The van der Waals surface area contributed by atoms with E-state index in [0.717, 1.165) is 18.2 Å². The van der Waals surface area contributed by atoms with Crippen LogP contribution in [-0.4, -0.2) is 59.4 Å². The first kappa shape index (κ1) is 34.9. The van der Waals surface area contributed by atoms with Gasteiger partial charge < -0.3 is 15.2 Å². The Morgan fingerprint density at radius 3 is 2.48 bits per heavy atom. The van der Waals surface area contributed by atoms with E-state index >= 15 is 8.78 Å². The second-order valence-corrected chi connectivity index (χ2v) is 20.2. The first-order valence-electron chi connectivity index (χ1n) is 15.6. The lowest BCUT2D eigenvalue weighted by atomic mass is 10.2. The number of imidazole rings is 1. The number of hydrogen-bond donors (Lipinski definition) is 2. The lowest BCUT2D eigenvalue weighted by Gasteiger charge is -2.27. The molecule has 16 heteroatoms. The molecule has 11 nitrogen and oxygen atoms in total. The second kappa shape index (κ2) is 13.8. The van der Waals surface area contributed by atoms with Gasteiger partial charge in [0.1, 0.15) is 48.0 Å². The summed E-state index contributed by atoms with van der Waals surface area (Å²) in [5.41, 5.74) is 1.00. The summed E-state index contributed by atoms with van der Waals surface area (Å²) in [4.78, 5) is 17.1. The van der Waals surface area contributed by atoms with Gasteiger partial charge in [0.05, 0.1) is 33.7 Å². The number of sulfonamides is 1. The van der Waals surface area contributed by atoms with Crippen LogP contribution in [0.25, 0.3) is 27.9 Å². The van der Waals surface area contributed by atoms with Crippen molar-refractivity contribution in [1.29, 1.82) is 0 Å². The van der Waals surface area contributed by atoms with Crippen LogP contribution in [0.1, 0.15) is 11.1 Å². The summed E-state index contributed by atoms with van der Waals surface area (Å²) >= 11 is 0. The Balaban J connectivity index is 1.42. The van der Waals surface area contributed by atoms with Crippen molar-refractivity contribution in [2.24, 2.45) is 0 Å². The van der Waals surface area contributed by atoms with Crippen LogP contribution in [-0.2, 0) is 21.4 Å². The minimum Gasteiger partial charge on any atom is -0.392 e. The number of aromatic nitrogens is 5. The van der Waals surface area contributed by atoms with Crippen molar-refractivity contribution < 1.29 is 31.4 Å². The molecule has 0 radical (unpaired) electrons. The number of hydrogen-bond acceptors (Lipinski definition) is 9. The number of fused-ring (bicyclic) bond motifs is 2. The van der Waals surface area contributed by atoms with Crippen LogP contribution in [0.3, 0.4) is 0 Å². The number of para-hydroxylation sites is 1. The molecule has 3 aromatic carbocycles. The van der Waals surface area contributed by atoms with Gasteiger partial charge in [-0.2, -0.15) is 0 Å². The van der Waals surface area contributed by atoms with Gasteiger partial charge in [-0.15, -0.1) is 0 Å². The molecule has 0 unspecified atom stereocenters. The van der Waals surface area contributed by atoms with Gasteiger partial charge >= 0.3 is 0 Å². The number of aliphatic hydroxyl groups is 1. The zero-order valence-corrected chi connectivity index (χ0v) is 29.5. The molecule has 6 rings (SSSR count). The Hall–Kier alpha value is -4.90. The van der Waals surface area contributed by atoms with E-state index in [1.807, 2.05) is 6.07 Å². The largest absolute Gasteiger partial charge is 0.392 e. The quantitative estimate of drug-likeness (QED) is 0.0792. The molecule has 0 saturated carbocycles. The molecule has 0 aliphatic rings. The normalized spacial score (nSPS) is 12.2. The summed E-state index contributed by atoms with van der Waals surface area (Å²) in [5, 5.41) is 12.4. The number of nitrogens with zero attached hydrogens (tertiary/aromatic N) is 6. The summed E-state index contributed by atoms with van der Waals surface area (Å²) in [6.07, 6.45) is 2.74. The third-order valence-corrected chi connectivity index (χ3v) is 11.7. The molecule has 0 aliphatic carbocycles. The lowest BCUT2D eigenvalue weighted by molar-refractivity contribution is 0.156. The van der Waals surface area contributed by atoms with Gasteiger partial charge in [-0.3, -0.25) is 4.57 Å². The minimum absolute atomic E-state index is 0.0611. The molecular formula is C34H34F3N7O4SSi. The highest BCUT2D eigenvalue weighted by molar-refractivity contribution is 7.92.